The van der Waals surface area contributed by atoms with Crippen LogP contribution in [0, 0.1) is 10.1 Å². The number of hydrogen-bond acceptors (Lipinski definition) is 5. The van der Waals surface area contributed by atoms with E-state index in [1.165, 1.54) is 13.3 Å². The Morgan fingerprint density at radius 3 is 2.67 bits per heavy atom. The molecule has 0 saturated heterocycles. The van der Waals surface area contributed by atoms with Gasteiger partial charge in [-0.2, -0.15) is 0 Å². The molecule has 1 aromatic heterocycles. The van der Waals surface area contributed by atoms with Crippen molar-refractivity contribution in [3.8, 4) is 16.9 Å². The van der Waals surface area contributed by atoms with Crippen LogP contribution in [0.15, 0.2) is 36.7 Å². The Labute approximate surface area is 103 Å². The molecule has 1 heterocycles. The second kappa shape index (κ2) is 4.70. The van der Waals surface area contributed by atoms with Crippen LogP contribution in [0.3, 0.4) is 0 Å². The molecule has 0 aliphatic carbocycles. The van der Waals surface area contributed by atoms with Crippen LogP contribution in [0.1, 0.15) is 0 Å². The van der Waals surface area contributed by atoms with Gasteiger partial charge in [-0.15, -0.1) is 0 Å². The van der Waals surface area contributed by atoms with Gasteiger partial charge >= 0.3 is 5.69 Å². The monoisotopic (exact) mass is 245 g/mol. The molecule has 0 spiro atoms. The Bertz CT molecular complexity index is 599. The molecule has 0 aliphatic heterocycles. The van der Waals surface area contributed by atoms with Crippen LogP contribution in [0.4, 0.5) is 11.4 Å². The van der Waals surface area contributed by atoms with Crippen LogP contribution in [0.5, 0.6) is 5.75 Å². The van der Waals surface area contributed by atoms with Crippen LogP contribution in [-0.2, 0) is 0 Å². The minimum atomic E-state index is -0.554. The Morgan fingerprint density at radius 1 is 1.28 bits per heavy atom. The highest BCUT2D eigenvalue weighted by molar-refractivity contribution is 5.84. The Balaban J connectivity index is 2.64. The number of nitrogen functional groups attached to an aromatic ring is 1. The minimum absolute atomic E-state index is 0.0829. The molecule has 0 radical (unpaired) electrons. The zero-order chi connectivity index (χ0) is 13.1. The molecule has 0 fully saturated rings. The zero-order valence-corrected chi connectivity index (χ0v) is 9.66. The Kier molecular flexibility index (Phi) is 3.09. The molecule has 6 heteroatoms. The van der Waals surface area contributed by atoms with Gasteiger partial charge in [0.1, 0.15) is 17.6 Å². The van der Waals surface area contributed by atoms with Crippen LogP contribution in [0.25, 0.3) is 11.1 Å². The van der Waals surface area contributed by atoms with E-state index < -0.39 is 4.92 Å². The first-order valence-corrected chi connectivity index (χ1v) is 5.16. The molecule has 0 amide bonds. The fourth-order valence-corrected chi connectivity index (χ4v) is 1.69. The summed E-state index contributed by atoms with van der Waals surface area (Å²) in [6.07, 6.45) is 2.62. The number of nitrogens with zero attached hydrogens (tertiary/aromatic N) is 2. The van der Waals surface area contributed by atoms with Gasteiger partial charge < -0.3 is 10.5 Å². The standard InChI is InChI=1S/C12H11N3O3/c1-18-11-5-3-2-4-8(11)9-6-14-7-10(12(9)13)15(16)17/h2-7H,1H3,(H2,13,14). The predicted molar refractivity (Wildman–Crippen MR) is 67.3 cm³/mol. The molecule has 6 nitrogen and oxygen atoms in total. The van der Waals surface area contributed by atoms with Crippen molar-refractivity contribution in [3.63, 3.8) is 0 Å². The van der Waals surface area contributed by atoms with Crippen molar-refractivity contribution in [2.24, 2.45) is 0 Å². The Morgan fingerprint density at radius 2 is 2.00 bits per heavy atom. The maximum Gasteiger partial charge on any atom is 0.310 e. The molecule has 0 aliphatic rings. The topological polar surface area (TPSA) is 91.3 Å². The van der Waals surface area contributed by atoms with E-state index in [1.807, 2.05) is 6.07 Å². The lowest BCUT2D eigenvalue weighted by Crippen LogP contribution is -1.99. The first kappa shape index (κ1) is 11.8. The molecule has 0 bridgehead atoms. The van der Waals surface area contributed by atoms with Crippen LogP contribution >= 0.6 is 0 Å². The molecule has 0 unspecified atom stereocenters. The number of nitro groups is 1. The number of ether oxygens (including phenoxy) is 1. The summed E-state index contributed by atoms with van der Waals surface area (Å²) < 4.78 is 5.20. The molecule has 0 saturated carbocycles. The fraction of sp³-hybridized carbons (Fsp3) is 0.0833. The largest absolute Gasteiger partial charge is 0.496 e. The third-order valence-electron chi connectivity index (χ3n) is 2.56. The quantitative estimate of drug-likeness (QED) is 0.661. The lowest BCUT2D eigenvalue weighted by molar-refractivity contribution is -0.384. The van der Waals surface area contributed by atoms with Crippen LogP contribution in [-0.4, -0.2) is 17.0 Å². The van der Waals surface area contributed by atoms with Crippen molar-refractivity contribution in [1.29, 1.82) is 0 Å². The van der Waals surface area contributed by atoms with Crippen molar-refractivity contribution in [2.75, 3.05) is 12.8 Å². The van der Waals surface area contributed by atoms with Gasteiger partial charge in [0.25, 0.3) is 0 Å². The summed E-state index contributed by atoms with van der Waals surface area (Å²) in [5.41, 5.74) is 6.84. The smallest absolute Gasteiger partial charge is 0.310 e. The number of anilines is 1. The molecule has 1 aromatic carbocycles. The summed E-state index contributed by atoms with van der Waals surface area (Å²) in [7, 11) is 1.53. The molecular formula is C12H11N3O3. The highest BCUT2D eigenvalue weighted by Gasteiger charge is 2.18. The fourth-order valence-electron chi connectivity index (χ4n) is 1.69. The molecule has 18 heavy (non-hydrogen) atoms. The molecule has 2 rings (SSSR count). The summed E-state index contributed by atoms with van der Waals surface area (Å²) >= 11 is 0. The third-order valence-corrected chi connectivity index (χ3v) is 2.56. The lowest BCUT2D eigenvalue weighted by atomic mass is 10.0. The van der Waals surface area contributed by atoms with Gasteiger partial charge in [-0.3, -0.25) is 15.1 Å². The highest BCUT2D eigenvalue weighted by Crippen LogP contribution is 2.36. The van der Waals surface area contributed by atoms with Crippen molar-refractivity contribution in [3.05, 3.63) is 46.8 Å². The Hall–Kier alpha value is -2.63. The first-order valence-electron chi connectivity index (χ1n) is 5.16. The first-order chi connectivity index (χ1) is 8.65. The third kappa shape index (κ3) is 1.95. The maximum atomic E-state index is 10.8. The molecule has 92 valence electrons. The number of rotatable bonds is 3. The molecule has 0 atom stereocenters. The van der Waals surface area contributed by atoms with E-state index >= 15 is 0 Å². The van der Waals surface area contributed by atoms with E-state index in [0.29, 0.717) is 16.9 Å². The molecular weight excluding hydrogens is 234 g/mol. The van der Waals surface area contributed by atoms with Crippen LogP contribution < -0.4 is 10.5 Å². The summed E-state index contributed by atoms with van der Waals surface area (Å²) in [5.74, 6) is 0.589. The van der Waals surface area contributed by atoms with Gasteiger partial charge in [-0.1, -0.05) is 18.2 Å². The zero-order valence-electron chi connectivity index (χ0n) is 9.66. The van der Waals surface area contributed by atoms with E-state index in [9.17, 15) is 10.1 Å². The van der Waals surface area contributed by atoms with Crippen molar-refractivity contribution in [1.82, 2.24) is 4.98 Å². The van der Waals surface area contributed by atoms with E-state index in [2.05, 4.69) is 4.98 Å². The van der Waals surface area contributed by atoms with Gasteiger partial charge in [0, 0.05) is 17.3 Å². The second-order valence-electron chi connectivity index (χ2n) is 3.58. The predicted octanol–water partition coefficient (Wildman–Crippen LogP) is 2.25. The van der Waals surface area contributed by atoms with E-state index in [0.717, 1.165) is 6.20 Å². The van der Waals surface area contributed by atoms with Gasteiger partial charge in [0.05, 0.1) is 12.0 Å². The average molecular weight is 245 g/mol. The maximum absolute atomic E-state index is 10.8. The van der Waals surface area contributed by atoms with Gasteiger partial charge in [0.2, 0.25) is 0 Å². The molecule has 2 N–H and O–H groups in total. The number of para-hydroxylation sites is 1. The van der Waals surface area contributed by atoms with E-state index in [4.69, 9.17) is 10.5 Å². The number of benzene rings is 1. The lowest BCUT2D eigenvalue weighted by Gasteiger charge is -2.09. The van der Waals surface area contributed by atoms with Gasteiger partial charge in [-0.25, -0.2) is 0 Å². The van der Waals surface area contributed by atoms with E-state index in [-0.39, 0.29) is 11.4 Å². The normalized spacial score (nSPS) is 10.1. The van der Waals surface area contributed by atoms with E-state index in [1.54, 1.807) is 18.2 Å². The summed E-state index contributed by atoms with van der Waals surface area (Å²) in [4.78, 5) is 14.1. The number of hydrogen-bond donors (Lipinski definition) is 1. The van der Waals surface area contributed by atoms with Gasteiger partial charge in [0.15, 0.2) is 0 Å². The second-order valence-corrected chi connectivity index (χ2v) is 3.58. The number of nitrogens with two attached hydrogens (primary N) is 1. The number of methoxy groups -OCH3 is 1. The summed E-state index contributed by atoms with van der Waals surface area (Å²) in [5, 5.41) is 10.8. The highest BCUT2D eigenvalue weighted by atomic mass is 16.6. The SMILES string of the molecule is COc1ccccc1-c1cncc([N+](=O)[O-])c1N. The van der Waals surface area contributed by atoms with Gasteiger partial charge in [-0.05, 0) is 6.07 Å². The van der Waals surface area contributed by atoms with Crippen molar-refractivity contribution < 1.29 is 9.66 Å². The van der Waals surface area contributed by atoms with Crippen molar-refractivity contribution in [2.45, 2.75) is 0 Å². The van der Waals surface area contributed by atoms with Crippen LogP contribution in [0.2, 0.25) is 0 Å². The number of pyridine rings is 1. The van der Waals surface area contributed by atoms with Crippen molar-refractivity contribution >= 4 is 11.4 Å². The number of aromatic nitrogens is 1. The summed E-state index contributed by atoms with van der Waals surface area (Å²) in [6.45, 7) is 0. The average Bonchev–Trinajstić information content (AvgIpc) is 2.38. The molecule has 2 aromatic rings. The summed E-state index contributed by atoms with van der Waals surface area (Å²) in [6, 6.07) is 7.14. The minimum Gasteiger partial charge on any atom is -0.496 e.